The Morgan fingerprint density at radius 3 is 3.12 bits per heavy atom. The molecular weight excluding hydrogens is 208 g/mol. The predicted octanol–water partition coefficient (Wildman–Crippen LogP) is 1.07. The zero-order valence-corrected chi connectivity index (χ0v) is 9.06. The Kier molecular flexibility index (Phi) is 3.00. The van der Waals surface area contributed by atoms with E-state index in [1.54, 1.807) is 19.2 Å². The predicted molar refractivity (Wildman–Crippen MR) is 60.5 cm³/mol. The van der Waals surface area contributed by atoms with E-state index in [2.05, 4.69) is 15.6 Å². The Labute approximate surface area is 93.2 Å². The number of hydrogen-bond acceptors (Lipinski definition) is 5. The lowest BCUT2D eigenvalue weighted by Gasteiger charge is -2.12. The third-order valence-electron chi connectivity index (χ3n) is 2.71. The Morgan fingerprint density at radius 1 is 1.69 bits per heavy atom. The molecule has 0 spiro atoms. The second kappa shape index (κ2) is 4.44. The van der Waals surface area contributed by atoms with Gasteiger partial charge in [-0.15, -0.1) is 0 Å². The van der Waals surface area contributed by atoms with Crippen molar-refractivity contribution in [2.24, 2.45) is 0 Å². The van der Waals surface area contributed by atoms with Crippen molar-refractivity contribution < 1.29 is 4.92 Å². The van der Waals surface area contributed by atoms with Gasteiger partial charge in [-0.25, -0.2) is 4.98 Å². The molecular formula is C10H14N4O2. The molecule has 86 valence electrons. The lowest BCUT2D eigenvalue weighted by molar-refractivity contribution is -0.384. The Balaban J connectivity index is 2.25. The van der Waals surface area contributed by atoms with Crippen LogP contribution in [0, 0.1) is 17.0 Å². The van der Waals surface area contributed by atoms with Crippen molar-refractivity contribution >= 4 is 11.5 Å². The maximum atomic E-state index is 10.9. The van der Waals surface area contributed by atoms with E-state index in [1.165, 1.54) is 0 Å². The van der Waals surface area contributed by atoms with Crippen LogP contribution in [0.25, 0.3) is 0 Å². The quantitative estimate of drug-likeness (QED) is 0.590. The van der Waals surface area contributed by atoms with Crippen molar-refractivity contribution in [2.45, 2.75) is 19.4 Å². The van der Waals surface area contributed by atoms with Gasteiger partial charge >= 0.3 is 5.69 Å². The minimum atomic E-state index is -0.382. The van der Waals surface area contributed by atoms with Crippen molar-refractivity contribution in [3.05, 3.63) is 27.9 Å². The smallest absolute Gasteiger partial charge is 0.314 e. The van der Waals surface area contributed by atoms with Gasteiger partial charge < -0.3 is 10.6 Å². The van der Waals surface area contributed by atoms with Gasteiger partial charge in [0.25, 0.3) is 0 Å². The number of nitrogens with one attached hydrogen (secondary N) is 2. The molecule has 1 aromatic heterocycles. The number of aryl methyl sites for hydroxylation is 1. The van der Waals surface area contributed by atoms with Gasteiger partial charge in [-0.3, -0.25) is 10.1 Å². The average molecular weight is 222 g/mol. The summed E-state index contributed by atoms with van der Waals surface area (Å²) in [5, 5.41) is 17.2. The standard InChI is InChI=1S/C10H14N4O2/c1-7-2-5-12-10(9(7)14(15)16)13-8-3-4-11-6-8/h2,5,8,11H,3-4,6H2,1H3,(H,12,13). The molecule has 0 radical (unpaired) electrons. The van der Waals surface area contributed by atoms with E-state index in [0.29, 0.717) is 11.4 Å². The number of aromatic nitrogens is 1. The van der Waals surface area contributed by atoms with Crippen LogP contribution in [0.5, 0.6) is 0 Å². The normalized spacial score (nSPS) is 19.7. The number of rotatable bonds is 3. The maximum absolute atomic E-state index is 10.9. The molecule has 1 fully saturated rings. The highest BCUT2D eigenvalue weighted by molar-refractivity contribution is 5.60. The first-order valence-corrected chi connectivity index (χ1v) is 5.25. The molecule has 1 atom stereocenters. The van der Waals surface area contributed by atoms with Crippen LogP contribution in [0.4, 0.5) is 11.5 Å². The van der Waals surface area contributed by atoms with Crippen molar-refractivity contribution in [1.29, 1.82) is 0 Å². The van der Waals surface area contributed by atoms with Gasteiger partial charge in [0.05, 0.1) is 4.92 Å². The molecule has 1 saturated heterocycles. The number of anilines is 1. The molecule has 6 heteroatoms. The molecule has 0 amide bonds. The molecule has 0 bridgehead atoms. The van der Waals surface area contributed by atoms with Gasteiger partial charge in [0, 0.05) is 24.3 Å². The summed E-state index contributed by atoms with van der Waals surface area (Å²) in [6.45, 7) is 3.49. The second-order valence-corrected chi connectivity index (χ2v) is 3.92. The maximum Gasteiger partial charge on any atom is 0.314 e. The molecule has 2 N–H and O–H groups in total. The first-order chi connectivity index (χ1) is 7.68. The van der Waals surface area contributed by atoms with E-state index in [4.69, 9.17) is 0 Å². The topological polar surface area (TPSA) is 80.1 Å². The molecule has 2 heterocycles. The van der Waals surface area contributed by atoms with Crippen LogP contribution in [0.15, 0.2) is 12.3 Å². The lowest BCUT2D eigenvalue weighted by atomic mass is 10.2. The number of pyridine rings is 1. The van der Waals surface area contributed by atoms with E-state index in [1.807, 2.05) is 0 Å². The third kappa shape index (κ3) is 2.11. The minimum Gasteiger partial charge on any atom is -0.360 e. The summed E-state index contributed by atoms with van der Waals surface area (Å²) in [6.07, 6.45) is 2.56. The highest BCUT2D eigenvalue weighted by Crippen LogP contribution is 2.26. The second-order valence-electron chi connectivity index (χ2n) is 3.92. The zero-order valence-electron chi connectivity index (χ0n) is 9.06. The largest absolute Gasteiger partial charge is 0.360 e. The molecule has 1 unspecified atom stereocenters. The van der Waals surface area contributed by atoms with Crippen LogP contribution in [0.3, 0.4) is 0 Å². The van der Waals surface area contributed by atoms with Gasteiger partial charge in [-0.2, -0.15) is 0 Å². The summed E-state index contributed by atoms with van der Waals surface area (Å²) in [5.41, 5.74) is 0.711. The number of nitro groups is 1. The van der Waals surface area contributed by atoms with Gasteiger partial charge in [-0.1, -0.05) is 0 Å². The first kappa shape index (κ1) is 10.8. The van der Waals surface area contributed by atoms with Crippen LogP contribution in [-0.2, 0) is 0 Å². The van der Waals surface area contributed by atoms with Gasteiger partial charge in [-0.05, 0) is 26.0 Å². The first-order valence-electron chi connectivity index (χ1n) is 5.25. The Morgan fingerprint density at radius 2 is 2.50 bits per heavy atom. The molecule has 0 aromatic carbocycles. The summed E-state index contributed by atoms with van der Waals surface area (Å²) >= 11 is 0. The molecule has 0 aliphatic carbocycles. The van der Waals surface area contributed by atoms with Crippen molar-refractivity contribution in [1.82, 2.24) is 10.3 Å². The van der Waals surface area contributed by atoms with Gasteiger partial charge in [0.2, 0.25) is 5.82 Å². The van der Waals surface area contributed by atoms with Crippen LogP contribution in [0.1, 0.15) is 12.0 Å². The number of nitrogens with zero attached hydrogens (tertiary/aromatic N) is 2. The van der Waals surface area contributed by atoms with Crippen molar-refractivity contribution in [3.8, 4) is 0 Å². The molecule has 6 nitrogen and oxygen atoms in total. The van der Waals surface area contributed by atoms with Crippen molar-refractivity contribution in [3.63, 3.8) is 0 Å². The fourth-order valence-electron chi connectivity index (χ4n) is 1.86. The van der Waals surface area contributed by atoms with Crippen LogP contribution in [-0.4, -0.2) is 29.0 Å². The van der Waals surface area contributed by atoms with Gasteiger partial charge in [0.15, 0.2) is 0 Å². The van der Waals surface area contributed by atoms with E-state index in [0.717, 1.165) is 19.5 Å². The monoisotopic (exact) mass is 222 g/mol. The van der Waals surface area contributed by atoms with Gasteiger partial charge in [0.1, 0.15) is 0 Å². The molecule has 1 aromatic rings. The average Bonchev–Trinajstić information content (AvgIpc) is 2.70. The summed E-state index contributed by atoms with van der Waals surface area (Å²) in [4.78, 5) is 14.6. The Hall–Kier alpha value is -1.69. The van der Waals surface area contributed by atoms with Crippen LogP contribution >= 0.6 is 0 Å². The molecule has 0 saturated carbocycles. The summed E-state index contributed by atoms with van der Waals surface area (Å²) in [6, 6.07) is 1.88. The van der Waals surface area contributed by atoms with Crippen molar-refractivity contribution in [2.75, 3.05) is 18.4 Å². The summed E-state index contributed by atoms with van der Waals surface area (Å²) in [7, 11) is 0. The molecule has 16 heavy (non-hydrogen) atoms. The molecule has 1 aliphatic heterocycles. The van der Waals surface area contributed by atoms with E-state index >= 15 is 0 Å². The third-order valence-corrected chi connectivity index (χ3v) is 2.71. The fourth-order valence-corrected chi connectivity index (χ4v) is 1.86. The number of hydrogen-bond donors (Lipinski definition) is 2. The van der Waals surface area contributed by atoms with E-state index in [-0.39, 0.29) is 16.7 Å². The summed E-state index contributed by atoms with van der Waals surface area (Å²) in [5.74, 6) is 0.374. The molecule has 2 rings (SSSR count). The molecule has 1 aliphatic rings. The fraction of sp³-hybridized carbons (Fsp3) is 0.500. The Bertz CT molecular complexity index is 402. The summed E-state index contributed by atoms with van der Waals surface area (Å²) < 4.78 is 0. The lowest BCUT2D eigenvalue weighted by Crippen LogP contribution is -2.23. The highest BCUT2D eigenvalue weighted by atomic mass is 16.6. The van der Waals surface area contributed by atoms with E-state index < -0.39 is 0 Å². The van der Waals surface area contributed by atoms with Crippen LogP contribution < -0.4 is 10.6 Å². The van der Waals surface area contributed by atoms with E-state index in [9.17, 15) is 10.1 Å². The SMILES string of the molecule is Cc1ccnc(NC2CCNC2)c1[N+](=O)[O-]. The van der Waals surface area contributed by atoms with Crippen LogP contribution in [0.2, 0.25) is 0 Å². The highest BCUT2D eigenvalue weighted by Gasteiger charge is 2.22. The minimum absolute atomic E-state index is 0.0781. The zero-order chi connectivity index (χ0) is 11.5.